The lowest BCUT2D eigenvalue weighted by Crippen LogP contribution is -2.16. The topological polar surface area (TPSA) is 110 Å². The van der Waals surface area contributed by atoms with Crippen LogP contribution < -0.4 is 10.5 Å². The van der Waals surface area contributed by atoms with E-state index in [1.165, 1.54) is 26.0 Å². The minimum atomic E-state index is -0.779. The molecule has 194 valence electrons. The van der Waals surface area contributed by atoms with E-state index in [0.717, 1.165) is 41.0 Å². The van der Waals surface area contributed by atoms with Gasteiger partial charge < -0.3 is 19.8 Å². The second-order valence-electron chi connectivity index (χ2n) is 9.34. The summed E-state index contributed by atoms with van der Waals surface area (Å²) in [7, 11) is 2.99. The minimum Gasteiger partial charge on any atom is -0.477 e. The molecule has 1 aromatic carbocycles. The molecule has 37 heavy (non-hydrogen) atoms. The van der Waals surface area contributed by atoms with Crippen LogP contribution in [0.5, 0.6) is 5.88 Å². The molecule has 1 fully saturated rings. The van der Waals surface area contributed by atoms with Crippen molar-refractivity contribution in [1.82, 2.24) is 24.3 Å². The lowest BCUT2D eigenvalue weighted by atomic mass is 9.97. The second-order valence-corrected chi connectivity index (χ2v) is 10.3. The molecule has 3 heterocycles. The van der Waals surface area contributed by atoms with Gasteiger partial charge >= 0.3 is 5.97 Å². The lowest BCUT2D eigenvalue weighted by molar-refractivity contribution is 0.0600. The Bertz CT molecular complexity index is 1450. The molecule has 1 atom stereocenters. The number of nitrogens with two attached hydrogens (primary N) is 1. The first-order valence-electron chi connectivity index (χ1n) is 12.2. The molecular weight excluding hydrogens is 543 g/mol. The molecule has 0 saturated heterocycles. The summed E-state index contributed by atoms with van der Waals surface area (Å²) < 4.78 is 29.6. The van der Waals surface area contributed by atoms with Crippen LogP contribution in [0.2, 0.25) is 0 Å². The quantitative estimate of drug-likeness (QED) is 0.162. The van der Waals surface area contributed by atoms with Gasteiger partial charge in [0.1, 0.15) is 0 Å². The van der Waals surface area contributed by atoms with Crippen LogP contribution >= 0.6 is 15.9 Å². The molecule has 0 aliphatic heterocycles. The molecule has 0 unspecified atom stereocenters. The van der Waals surface area contributed by atoms with E-state index in [9.17, 15) is 9.18 Å². The van der Waals surface area contributed by atoms with Crippen molar-refractivity contribution in [2.24, 2.45) is 18.9 Å². The Labute approximate surface area is 221 Å². The molecule has 5 rings (SSSR count). The number of pyridine rings is 1. The summed E-state index contributed by atoms with van der Waals surface area (Å²) in [5.74, 6) is 0.714. The van der Waals surface area contributed by atoms with Crippen molar-refractivity contribution >= 4 is 38.9 Å². The molecule has 4 aromatic rings. The lowest BCUT2D eigenvalue weighted by Gasteiger charge is -2.18. The van der Waals surface area contributed by atoms with Crippen molar-refractivity contribution in [3.8, 4) is 17.1 Å². The molecule has 1 saturated carbocycles. The summed E-state index contributed by atoms with van der Waals surface area (Å²) in [6.45, 7) is 1.27. The van der Waals surface area contributed by atoms with Gasteiger partial charge in [0.25, 0.3) is 0 Å². The average molecular weight is 571 g/mol. The number of aromatic nitrogens is 5. The number of nitrogens with zero attached hydrogens (tertiary/aromatic N) is 5. The van der Waals surface area contributed by atoms with Crippen LogP contribution in [0.15, 0.2) is 41.0 Å². The second kappa shape index (κ2) is 10.5. The largest absolute Gasteiger partial charge is 0.477 e. The van der Waals surface area contributed by atoms with Gasteiger partial charge in [-0.3, -0.25) is 0 Å². The Morgan fingerprint density at radius 2 is 2.08 bits per heavy atom. The van der Waals surface area contributed by atoms with Gasteiger partial charge in [0.2, 0.25) is 17.8 Å². The Morgan fingerprint density at radius 1 is 1.27 bits per heavy atom. The molecule has 9 nitrogen and oxygen atoms in total. The summed E-state index contributed by atoms with van der Waals surface area (Å²) in [6, 6.07) is 8.55. The zero-order valence-corrected chi connectivity index (χ0v) is 22.2. The fraction of sp³-hybridized carbons (Fsp3) is 0.385. The maximum atomic E-state index is 14.1. The number of hydrogen-bond acceptors (Lipinski definition) is 7. The molecule has 3 aromatic heterocycles. The first-order chi connectivity index (χ1) is 17.8. The van der Waals surface area contributed by atoms with Crippen LogP contribution in [0.4, 0.5) is 10.3 Å². The first-order valence-corrected chi connectivity index (χ1v) is 13.0. The van der Waals surface area contributed by atoms with Crippen LogP contribution in [-0.4, -0.2) is 44.0 Å². The van der Waals surface area contributed by atoms with E-state index in [0.29, 0.717) is 35.8 Å². The summed E-state index contributed by atoms with van der Waals surface area (Å²) >= 11 is 3.50. The van der Waals surface area contributed by atoms with Crippen LogP contribution in [0.25, 0.3) is 22.3 Å². The van der Waals surface area contributed by atoms with Crippen LogP contribution in [0.1, 0.15) is 36.0 Å². The van der Waals surface area contributed by atoms with E-state index in [4.69, 9.17) is 15.2 Å². The van der Waals surface area contributed by atoms with Crippen LogP contribution in [0.3, 0.4) is 0 Å². The molecule has 1 aliphatic carbocycles. The van der Waals surface area contributed by atoms with Crippen molar-refractivity contribution in [2.45, 2.75) is 32.2 Å². The van der Waals surface area contributed by atoms with Crippen molar-refractivity contribution in [3.05, 3.63) is 52.5 Å². The van der Waals surface area contributed by atoms with Gasteiger partial charge in [-0.1, -0.05) is 15.9 Å². The number of carbonyl (C=O) groups excluding carboxylic acids is 1. The smallest absolute Gasteiger partial charge is 0.338 e. The highest BCUT2D eigenvalue weighted by atomic mass is 79.9. The minimum absolute atomic E-state index is 0.0748. The van der Waals surface area contributed by atoms with Gasteiger partial charge in [-0.2, -0.15) is 9.49 Å². The van der Waals surface area contributed by atoms with Gasteiger partial charge in [0.15, 0.2) is 0 Å². The SMILES string of the molecule is COC(=O)c1cc(F)nc(-c2cnn(C)c2OCCC[C@H](Cn2c(N)nc3cc(Br)ccc32)C2CC2)c1. The number of methoxy groups -OCH3 is 1. The number of imidazole rings is 1. The number of esters is 1. The molecule has 11 heteroatoms. The third kappa shape index (κ3) is 5.46. The maximum Gasteiger partial charge on any atom is 0.338 e. The summed E-state index contributed by atoms with van der Waals surface area (Å²) in [5.41, 5.74) is 9.03. The number of fused-ring (bicyclic) bond motifs is 1. The summed E-state index contributed by atoms with van der Waals surface area (Å²) in [6.07, 6.45) is 5.80. The number of carbonyl (C=O) groups is 1. The van der Waals surface area contributed by atoms with E-state index < -0.39 is 11.9 Å². The molecule has 0 spiro atoms. The normalized spacial score (nSPS) is 14.2. The highest BCUT2D eigenvalue weighted by Crippen LogP contribution is 2.41. The predicted molar refractivity (Wildman–Crippen MR) is 141 cm³/mol. The van der Waals surface area contributed by atoms with Crippen molar-refractivity contribution in [3.63, 3.8) is 0 Å². The molecule has 0 bridgehead atoms. The Hall–Kier alpha value is -3.47. The molecular formula is C26H28BrFN6O3. The number of ether oxygens (including phenoxy) is 2. The van der Waals surface area contributed by atoms with Crippen molar-refractivity contribution < 1.29 is 18.7 Å². The molecule has 2 N–H and O–H groups in total. The molecule has 0 radical (unpaired) electrons. The molecule has 0 amide bonds. The zero-order chi connectivity index (χ0) is 26.1. The third-order valence-corrected chi connectivity index (χ3v) is 7.27. The number of rotatable bonds is 10. The summed E-state index contributed by atoms with van der Waals surface area (Å²) in [4.78, 5) is 20.4. The number of benzene rings is 1. The van der Waals surface area contributed by atoms with E-state index in [2.05, 4.69) is 35.6 Å². The number of nitrogen functional groups attached to an aromatic ring is 1. The van der Waals surface area contributed by atoms with E-state index >= 15 is 0 Å². The number of halogens is 2. The highest BCUT2D eigenvalue weighted by molar-refractivity contribution is 9.10. The van der Waals surface area contributed by atoms with Gasteiger partial charge in [0, 0.05) is 24.1 Å². The fourth-order valence-corrected chi connectivity index (χ4v) is 5.10. The Morgan fingerprint density at radius 3 is 2.84 bits per heavy atom. The highest BCUT2D eigenvalue weighted by Gasteiger charge is 2.32. The Kier molecular flexibility index (Phi) is 7.14. The Balaban J connectivity index is 1.26. The first kappa shape index (κ1) is 25.2. The fourth-order valence-electron chi connectivity index (χ4n) is 4.75. The van der Waals surface area contributed by atoms with Crippen molar-refractivity contribution in [2.75, 3.05) is 19.5 Å². The van der Waals surface area contributed by atoms with Gasteiger partial charge in [-0.05, 0) is 61.8 Å². The standard InChI is InChI=1S/C26H28BrFN6O3/c1-33-24(19(13-30-33)20-10-17(25(35)36-2)11-23(28)31-20)37-9-3-4-16(15-5-6-15)14-34-22-8-7-18(27)12-21(22)32-26(34)29/h7-8,10-13,15-16H,3-6,9,14H2,1-2H3,(H2,29,32)/t16-/m1/s1. The van der Waals surface area contributed by atoms with Crippen molar-refractivity contribution in [1.29, 1.82) is 0 Å². The van der Waals surface area contributed by atoms with E-state index in [1.54, 1.807) is 17.9 Å². The number of hydrogen-bond donors (Lipinski definition) is 1. The summed E-state index contributed by atoms with van der Waals surface area (Å²) in [5, 5.41) is 4.25. The number of anilines is 1. The van der Waals surface area contributed by atoms with Crippen LogP contribution in [0, 0.1) is 17.8 Å². The maximum absolute atomic E-state index is 14.1. The van der Waals surface area contributed by atoms with E-state index in [1.807, 2.05) is 18.2 Å². The number of aryl methyl sites for hydroxylation is 1. The zero-order valence-electron chi connectivity index (χ0n) is 20.7. The van der Waals surface area contributed by atoms with Crippen LogP contribution in [-0.2, 0) is 18.3 Å². The van der Waals surface area contributed by atoms with E-state index in [-0.39, 0.29) is 11.3 Å². The van der Waals surface area contributed by atoms with Gasteiger partial charge in [-0.15, -0.1) is 0 Å². The predicted octanol–water partition coefficient (Wildman–Crippen LogP) is 4.99. The monoisotopic (exact) mass is 570 g/mol. The molecule has 1 aliphatic rings. The van der Waals surface area contributed by atoms with Gasteiger partial charge in [-0.25, -0.2) is 19.4 Å². The van der Waals surface area contributed by atoms with Gasteiger partial charge in [0.05, 0.1) is 47.8 Å². The third-order valence-electron chi connectivity index (χ3n) is 6.78. The average Bonchev–Trinajstić information content (AvgIpc) is 3.59.